The molecule has 0 saturated heterocycles. The number of hydrogen-bond acceptors (Lipinski definition) is 5. The van der Waals surface area contributed by atoms with Crippen molar-refractivity contribution in [2.24, 2.45) is 4.99 Å². The second kappa shape index (κ2) is 5.80. The van der Waals surface area contributed by atoms with Gasteiger partial charge in [-0.2, -0.15) is 0 Å². The Morgan fingerprint density at radius 3 is 3.22 bits per heavy atom. The standard InChI is InChI=1S/C13H14N2OS2/c1-2-6-14-10(3-1)9-17-12-5-4-11(18-12)13-15-7-8-16-13/h1-4,6,12H,5,7-9H2. The first-order chi connectivity index (χ1) is 8.92. The number of allylic oxidation sites excluding steroid dienone is 1. The molecule has 0 aliphatic carbocycles. The molecule has 1 aromatic rings. The molecular formula is C13H14N2OS2. The molecule has 0 aromatic carbocycles. The Kier molecular flexibility index (Phi) is 3.90. The Hall–Kier alpha value is -0.940. The maximum Gasteiger partial charge on any atom is 0.222 e. The van der Waals surface area contributed by atoms with Gasteiger partial charge < -0.3 is 4.74 Å². The molecule has 1 aromatic heterocycles. The van der Waals surface area contributed by atoms with E-state index in [1.165, 1.54) is 4.91 Å². The molecule has 0 N–H and O–H groups in total. The monoisotopic (exact) mass is 278 g/mol. The van der Waals surface area contributed by atoms with Gasteiger partial charge in [0.25, 0.3) is 0 Å². The summed E-state index contributed by atoms with van der Waals surface area (Å²) < 4.78 is 6.05. The van der Waals surface area contributed by atoms with Crippen molar-refractivity contribution in [2.75, 3.05) is 13.2 Å². The molecule has 3 heterocycles. The zero-order chi connectivity index (χ0) is 12.2. The Morgan fingerprint density at radius 1 is 1.44 bits per heavy atom. The summed E-state index contributed by atoms with van der Waals surface area (Å²) in [5.41, 5.74) is 1.14. The van der Waals surface area contributed by atoms with Crippen molar-refractivity contribution in [3.8, 4) is 0 Å². The molecule has 18 heavy (non-hydrogen) atoms. The van der Waals surface area contributed by atoms with Crippen LogP contribution in [0.1, 0.15) is 12.1 Å². The van der Waals surface area contributed by atoms with Gasteiger partial charge in [0.2, 0.25) is 5.90 Å². The van der Waals surface area contributed by atoms with E-state index in [-0.39, 0.29) is 0 Å². The van der Waals surface area contributed by atoms with Crippen molar-refractivity contribution in [2.45, 2.75) is 16.8 Å². The molecule has 0 bridgehead atoms. The molecule has 0 spiro atoms. The lowest BCUT2D eigenvalue weighted by atomic mass is 10.4. The average Bonchev–Trinajstić information content (AvgIpc) is 3.08. The van der Waals surface area contributed by atoms with Crippen LogP contribution in [-0.4, -0.2) is 28.6 Å². The van der Waals surface area contributed by atoms with E-state index in [1.54, 1.807) is 0 Å². The van der Waals surface area contributed by atoms with Gasteiger partial charge >= 0.3 is 0 Å². The first kappa shape index (κ1) is 12.1. The number of aliphatic imine (C=N–C) groups is 1. The molecule has 0 amide bonds. The minimum atomic E-state index is 0.564. The maximum atomic E-state index is 5.49. The second-order valence-electron chi connectivity index (χ2n) is 4.02. The predicted molar refractivity (Wildman–Crippen MR) is 77.9 cm³/mol. The van der Waals surface area contributed by atoms with Crippen LogP contribution >= 0.6 is 23.5 Å². The van der Waals surface area contributed by atoms with E-state index >= 15 is 0 Å². The largest absolute Gasteiger partial charge is 0.475 e. The van der Waals surface area contributed by atoms with Crippen molar-refractivity contribution in [3.05, 3.63) is 41.1 Å². The predicted octanol–water partition coefficient (Wildman–Crippen LogP) is 3.09. The number of ether oxygens (including phenoxy) is 1. The first-order valence-corrected chi connectivity index (χ1v) is 7.90. The van der Waals surface area contributed by atoms with Crippen LogP contribution < -0.4 is 0 Å². The van der Waals surface area contributed by atoms with Crippen LogP contribution in [-0.2, 0) is 10.5 Å². The molecule has 1 atom stereocenters. The second-order valence-corrected chi connectivity index (χ2v) is 6.75. The van der Waals surface area contributed by atoms with Gasteiger partial charge in [0.15, 0.2) is 0 Å². The fourth-order valence-corrected chi connectivity index (χ4v) is 4.27. The number of aromatic nitrogens is 1. The average molecular weight is 278 g/mol. The van der Waals surface area contributed by atoms with E-state index in [1.807, 2.05) is 41.9 Å². The van der Waals surface area contributed by atoms with Crippen LogP contribution in [0.25, 0.3) is 0 Å². The van der Waals surface area contributed by atoms with Gasteiger partial charge in [-0.1, -0.05) is 12.1 Å². The van der Waals surface area contributed by atoms with Gasteiger partial charge in [-0.15, -0.1) is 23.5 Å². The third-order valence-corrected chi connectivity index (χ3v) is 5.47. The van der Waals surface area contributed by atoms with Crippen molar-refractivity contribution >= 4 is 29.4 Å². The van der Waals surface area contributed by atoms with Crippen LogP contribution in [0.2, 0.25) is 0 Å². The minimum absolute atomic E-state index is 0.564. The highest BCUT2D eigenvalue weighted by molar-refractivity contribution is 8.19. The van der Waals surface area contributed by atoms with Crippen LogP contribution in [0.5, 0.6) is 0 Å². The summed E-state index contributed by atoms with van der Waals surface area (Å²) >= 11 is 3.81. The maximum absolute atomic E-state index is 5.49. The third kappa shape index (κ3) is 2.90. The number of nitrogens with zero attached hydrogens (tertiary/aromatic N) is 2. The van der Waals surface area contributed by atoms with Crippen LogP contribution in [0.15, 0.2) is 40.4 Å². The zero-order valence-corrected chi connectivity index (χ0v) is 11.5. The Bertz CT molecular complexity index is 473. The fraction of sp³-hybridized carbons (Fsp3) is 0.385. The molecule has 5 heteroatoms. The summed E-state index contributed by atoms with van der Waals surface area (Å²) in [6.07, 6.45) is 5.17. The quantitative estimate of drug-likeness (QED) is 0.847. The third-order valence-electron chi connectivity index (χ3n) is 2.69. The highest BCUT2D eigenvalue weighted by Gasteiger charge is 2.24. The van der Waals surface area contributed by atoms with E-state index in [9.17, 15) is 0 Å². The van der Waals surface area contributed by atoms with Gasteiger partial charge in [-0.05, 0) is 18.6 Å². The van der Waals surface area contributed by atoms with Gasteiger partial charge in [0.05, 0.1) is 21.7 Å². The topological polar surface area (TPSA) is 34.5 Å². The molecule has 2 aliphatic heterocycles. The van der Waals surface area contributed by atoms with E-state index in [4.69, 9.17) is 4.74 Å². The Balaban J connectivity index is 1.49. The lowest BCUT2D eigenvalue weighted by molar-refractivity contribution is 0.349. The molecule has 2 aliphatic rings. The van der Waals surface area contributed by atoms with Crippen LogP contribution in [0, 0.1) is 0 Å². The summed E-state index contributed by atoms with van der Waals surface area (Å²) in [6, 6.07) is 6.06. The van der Waals surface area contributed by atoms with Crippen molar-refractivity contribution in [3.63, 3.8) is 0 Å². The highest BCUT2D eigenvalue weighted by atomic mass is 32.2. The lowest BCUT2D eigenvalue weighted by Gasteiger charge is -2.09. The number of pyridine rings is 1. The van der Waals surface area contributed by atoms with E-state index in [0.29, 0.717) is 4.58 Å². The molecular weight excluding hydrogens is 264 g/mol. The fourth-order valence-electron chi connectivity index (χ4n) is 1.83. The Morgan fingerprint density at radius 2 is 2.44 bits per heavy atom. The van der Waals surface area contributed by atoms with E-state index < -0.39 is 0 Å². The molecule has 0 radical (unpaired) electrons. The minimum Gasteiger partial charge on any atom is -0.475 e. The highest BCUT2D eigenvalue weighted by Crippen LogP contribution is 2.41. The molecule has 3 nitrogen and oxygen atoms in total. The molecule has 3 rings (SSSR count). The van der Waals surface area contributed by atoms with Gasteiger partial charge in [-0.25, -0.2) is 4.99 Å². The number of thioether (sulfide) groups is 2. The number of rotatable bonds is 4. The summed E-state index contributed by atoms with van der Waals surface area (Å²) in [7, 11) is 0. The normalized spacial score (nSPS) is 22.6. The van der Waals surface area contributed by atoms with E-state index in [2.05, 4.69) is 22.1 Å². The summed E-state index contributed by atoms with van der Waals surface area (Å²) in [4.78, 5) is 9.91. The van der Waals surface area contributed by atoms with E-state index in [0.717, 1.165) is 36.9 Å². The van der Waals surface area contributed by atoms with Crippen molar-refractivity contribution < 1.29 is 4.74 Å². The zero-order valence-electron chi connectivity index (χ0n) is 9.91. The summed E-state index contributed by atoms with van der Waals surface area (Å²) in [5.74, 6) is 1.81. The molecule has 0 saturated carbocycles. The first-order valence-electron chi connectivity index (χ1n) is 5.98. The number of hydrogen-bond donors (Lipinski definition) is 0. The summed E-state index contributed by atoms with van der Waals surface area (Å²) in [5, 5.41) is 0. The van der Waals surface area contributed by atoms with Crippen molar-refractivity contribution in [1.29, 1.82) is 0 Å². The van der Waals surface area contributed by atoms with Gasteiger partial charge in [-0.3, -0.25) is 4.98 Å². The SMILES string of the molecule is C1=C(C2=NCCO2)SC(SCc2ccccn2)C1. The van der Waals surface area contributed by atoms with Gasteiger partial charge in [0.1, 0.15) is 6.61 Å². The molecule has 1 unspecified atom stereocenters. The van der Waals surface area contributed by atoms with Crippen molar-refractivity contribution in [1.82, 2.24) is 4.98 Å². The Labute approximate surface area is 115 Å². The van der Waals surface area contributed by atoms with Crippen LogP contribution in [0.3, 0.4) is 0 Å². The van der Waals surface area contributed by atoms with Crippen LogP contribution in [0.4, 0.5) is 0 Å². The van der Waals surface area contributed by atoms with Gasteiger partial charge in [0, 0.05) is 11.9 Å². The summed E-state index contributed by atoms with van der Waals surface area (Å²) in [6.45, 7) is 1.54. The lowest BCUT2D eigenvalue weighted by Crippen LogP contribution is -2.00. The smallest absolute Gasteiger partial charge is 0.222 e. The molecule has 0 fully saturated rings. The molecule has 94 valence electrons.